The first-order valence-corrected chi connectivity index (χ1v) is 4.92. The Labute approximate surface area is 95.1 Å². The van der Waals surface area contributed by atoms with Gasteiger partial charge in [0.05, 0.1) is 10.9 Å². The van der Waals surface area contributed by atoms with E-state index in [-0.39, 0.29) is 5.56 Å². The minimum atomic E-state index is -0.975. The summed E-state index contributed by atoms with van der Waals surface area (Å²) in [5, 5.41) is 10.3. The average molecular weight is 228 g/mol. The maximum absolute atomic E-state index is 10.9. The molecule has 17 heavy (non-hydrogen) atoms. The number of nitrogens with one attached hydrogen (secondary N) is 1. The van der Waals surface area contributed by atoms with E-state index in [1.807, 2.05) is 0 Å². The third-order valence-corrected chi connectivity index (χ3v) is 2.67. The Kier molecular flexibility index (Phi) is 1.79. The quantitative estimate of drug-likeness (QED) is 0.583. The molecule has 0 aliphatic heterocycles. The molecular weight excluding hydrogens is 220 g/mol. The van der Waals surface area contributed by atoms with Crippen molar-refractivity contribution >= 4 is 33.7 Å². The Balaban J connectivity index is 2.48. The molecule has 2 aromatic heterocycles. The van der Waals surface area contributed by atoms with E-state index in [1.54, 1.807) is 12.1 Å². The van der Waals surface area contributed by atoms with Gasteiger partial charge in [-0.15, -0.1) is 0 Å². The molecule has 6 heteroatoms. The first-order valence-electron chi connectivity index (χ1n) is 4.92. The lowest BCUT2D eigenvalue weighted by molar-refractivity contribution is 0.0697. The highest BCUT2D eigenvalue weighted by Gasteiger charge is 2.11. The molecule has 3 aromatic rings. The van der Waals surface area contributed by atoms with E-state index >= 15 is 0 Å². The van der Waals surface area contributed by atoms with Crippen molar-refractivity contribution in [2.24, 2.45) is 0 Å². The van der Waals surface area contributed by atoms with Gasteiger partial charge in [-0.2, -0.15) is 0 Å². The van der Waals surface area contributed by atoms with Gasteiger partial charge in [-0.1, -0.05) is 0 Å². The molecule has 0 saturated heterocycles. The number of carboxylic acid groups (broad SMARTS) is 1. The van der Waals surface area contributed by atoms with Crippen molar-refractivity contribution < 1.29 is 9.90 Å². The summed E-state index contributed by atoms with van der Waals surface area (Å²) in [7, 11) is 0. The number of aromatic carboxylic acids is 1. The maximum atomic E-state index is 10.9. The summed E-state index contributed by atoms with van der Waals surface area (Å²) in [6, 6.07) is 4.79. The summed E-state index contributed by atoms with van der Waals surface area (Å²) in [6.45, 7) is 0. The predicted octanol–water partition coefficient (Wildman–Crippen LogP) is 1.39. The zero-order valence-electron chi connectivity index (χ0n) is 8.64. The molecule has 0 atom stereocenters. The van der Waals surface area contributed by atoms with Crippen LogP contribution in [0.15, 0.2) is 24.5 Å². The molecular formula is C11H8N4O2. The molecule has 0 amide bonds. The van der Waals surface area contributed by atoms with E-state index < -0.39 is 5.97 Å². The average Bonchev–Trinajstić information content (AvgIpc) is 2.67. The number of nitrogens with two attached hydrogens (primary N) is 1. The first-order chi connectivity index (χ1) is 8.16. The number of H-pyrrole nitrogens is 1. The van der Waals surface area contributed by atoms with Crippen molar-refractivity contribution in [2.75, 3.05) is 5.73 Å². The number of hydrogen-bond acceptors (Lipinski definition) is 4. The number of aromatic amines is 1. The summed E-state index contributed by atoms with van der Waals surface area (Å²) >= 11 is 0. The van der Waals surface area contributed by atoms with Gasteiger partial charge < -0.3 is 15.8 Å². The number of anilines is 1. The zero-order chi connectivity index (χ0) is 12.0. The zero-order valence-corrected chi connectivity index (χ0v) is 8.64. The molecule has 1 aromatic carbocycles. The van der Waals surface area contributed by atoms with Crippen LogP contribution in [0.2, 0.25) is 0 Å². The fraction of sp³-hybridized carbons (Fsp3) is 0. The number of carboxylic acids is 1. The minimum Gasteiger partial charge on any atom is -0.478 e. The van der Waals surface area contributed by atoms with E-state index in [9.17, 15) is 4.79 Å². The van der Waals surface area contributed by atoms with E-state index in [0.29, 0.717) is 16.9 Å². The number of hydrogen-bond donors (Lipinski definition) is 3. The minimum absolute atomic E-state index is 0.210. The standard InChI is InChI=1S/C11H8N4O2/c12-9-8-6-3-5(11(16)17)1-2-7(6)15-10(8)14-4-13-9/h1-4H,(H,16,17)(H3,12,13,14,15). The number of benzene rings is 1. The predicted molar refractivity (Wildman–Crippen MR) is 62.8 cm³/mol. The summed E-state index contributed by atoms with van der Waals surface area (Å²) in [6.07, 6.45) is 1.37. The van der Waals surface area contributed by atoms with Gasteiger partial charge in [-0.05, 0) is 18.2 Å². The third-order valence-electron chi connectivity index (χ3n) is 2.67. The molecule has 0 unspecified atom stereocenters. The van der Waals surface area contributed by atoms with Gasteiger partial charge in [0.1, 0.15) is 17.8 Å². The highest BCUT2D eigenvalue weighted by atomic mass is 16.4. The van der Waals surface area contributed by atoms with Gasteiger partial charge in [-0.3, -0.25) is 0 Å². The second kappa shape index (κ2) is 3.18. The number of fused-ring (bicyclic) bond motifs is 3. The lowest BCUT2D eigenvalue weighted by Crippen LogP contribution is -1.95. The van der Waals surface area contributed by atoms with E-state index in [2.05, 4.69) is 15.0 Å². The molecule has 2 heterocycles. The Morgan fingerprint density at radius 2 is 2.18 bits per heavy atom. The van der Waals surface area contributed by atoms with Crippen molar-refractivity contribution in [3.05, 3.63) is 30.1 Å². The van der Waals surface area contributed by atoms with E-state index in [0.717, 1.165) is 10.9 Å². The molecule has 0 spiro atoms. The molecule has 84 valence electrons. The van der Waals surface area contributed by atoms with Crippen LogP contribution in [-0.2, 0) is 0 Å². The molecule has 0 radical (unpaired) electrons. The molecule has 4 N–H and O–H groups in total. The van der Waals surface area contributed by atoms with Gasteiger partial charge in [0, 0.05) is 10.9 Å². The van der Waals surface area contributed by atoms with Crippen LogP contribution in [0.25, 0.3) is 21.9 Å². The second-order valence-electron chi connectivity index (χ2n) is 3.67. The van der Waals surface area contributed by atoms with Crippen molar-refractivity contribution in [2.45, 2.75) is 0 Å². The second-order valence-corrected chi connectivity index (χ2v) is 3.67. The Morgan fingerprint density at radius 1 is 1.35 bits per heavy atom. The van der Waals surface area contributed by atoms with E-state index in [4.69, 9.17) is 10.8 Å². The summed E-state index contributed by atoms with van der Waals surface area (Å²) < 4.78 is 0. The lowest BCUT2D eigenvalue weighted by Gasteiger charge is -1.96. The highest BCUT2D eigenvalue weighted by molar-refractivity contribution is 6.12. The van der Waals surface area contributed by atoms with Gasteiger partial charge in [0.15, 0.2) is 0 Å². The van der Waals surface area contributed by atoms with Crippen LogP contribution in [0.1, 0.15) is 10.4 Å². The largest absolute Gasteiger partial charge is 0.478 e. The van der Waals surface area contributed by atoms with Crippen LogP contribution in [0.4, 0.5) is 5.82 Å². The molecule has 6 nitrogen and oxygen atoms in total. The van der Waals surface area contributed by atoms with Gasteiger partial charge >= 0.3 is 5.97 Å². The SMILES string of the molecule is Nc1ncnc2[nH]c3ccc(C(=O)O)cc3c12. The van der Waals surface area contributed by atoms with Crippen LogP contribution in [-0.4, -0.2) is 26.0 Å². The number of nitrogen functional groups attached to an aromatic ring is 1. The number of aromatic nitrogens is 3. The number of nitrogens with zero attached hydrogens (tertiary/aromatic N) is 2. The topological polar surface area (TPSA) is 105 Å². The lowest BCUT2D eigenvalue weighted by atomic mass is 10.1. The van der Waals surface area contributed by atoms with Gasteiger partial charge in [0.2, 0.25) is 0 Å². The number of carbonyl (C=O) groups is 1. The van der Waals surface area contributed by atoms with Crippen molar-refractivity contribution in [3.8, 4) is 0 Å². The van der Waals surface area contributed by atoms with Crippen LogP contribution in [0.5, 0.6) is 0 Å². The molecule has 0 aliphatic rings. The smallest absolute Gasteiger partial charge is 0.335 e. The van der Waals surface area contributed by atoms with Crippen LogP contribution in [0.3, 0.4) is 0 Å². The van der Waals surface area contributed by atoms with Crippen molar-refractivity contribution in [1.29, 1.82) is 0 Å². The summed E-state index contributed by atoms with van der Waals surface area (Å²) in [5.74, 6) is -0.638. The summed E-state index contributed by atoms with van der Waals surface area (Å²) in [4.78, 5) is 21.9. The van der Waals surface area contributed by atoms with E-state index in [1.165, 1.54) is 12.4 Å². The molecule has 0 fully saturated rings. The van der Waals surface area contributed by atoms with Crippen LogP contribution < -0.4 is 5.73 Å². The normalized spacial score (nSPS) is 11.1. The maximum Gasteiger partial charge on any atom is 0.335 e. The monoisotopic (exact) mass is 228 g/mol. The first kappa shape index (κ1) is 9.59. The van der Waals surface area contributed by atoms with Crippen molar-refractivity contribution in [3.63, 3.8) is 0 Å². The molecule has 0 bridgehead atoms. The fourth-order valence-corrected chi connectivity index (χ4v) is 1.88. The van der Waals surface area contributed by atoms with Gasteiger partial charge in [-0.25, -0.2) is 14.8 Å². The molecule has 0 saturated carbocycles. The van der Waals surface area contributed by atoms with Crippen LogP contribution in [0, 0.1) is 0 Å². The fourth-order valence-electron chi connectivity index (χ4n) is 1.88. The van der Waals surface area contributed by atoms with Gasteiger partial charge in [0.25, 0.3) is 0 Å². The van der Waals surface area contributed by atoms with Crippen LogP contribution >= 0.6 is 0 Å². The summed E-state index contributed by atoms with van der Waals surface area (Å²) in [5.41, 5.74) is 7.38. The van der Waals surface area contributed by atoms with Crippen molar-refractivity contribution in [1.82, 2.24) is 15.0 Å². The Bertz CT molecular complexity index is 748. The number of rotatable bonds is 1. The Morgan fingerprint density at radius 3 is 2.94 bits per heavy atom. The third kappa shape index (κ3) is 1.31. The molecule has 0 aliphatic carbocycles. The highest BCUT2D eigenvalue weighted by Crippen LogP contribution is 2.27. The Hall–Kier alpha value is -2.63. The molecule has 3 rings (SSSR count).